The Morgan fingerprint density at radius 2 is 1.84 bits per heavy atom. The van der Waals surface area contributed by atoms with Crippen LogP contribution < -0.4 is 4.90 Å². The maximum Gasteiger partial charge on any atom is 0.274 e. The van der Waals surface area contributed by atoms with E-state index < -0.39 is 0 Å². The topological polar surface area (TPSA) is 78.0 Å². The smallest absolute Gasteiger partial charge is 0.274 e. The van der Waals surface area contributed by atoms with Crippen LogP contribution in [0.1, 0.15) is 89.7 Å². The van der Waals surface area contributed by atoms with E-state index in [0.29, 0.717) is 12.2 Å². The number of fused-ring (bicyclic) bond motifs is 2. The number of likely N-dealkylation sites (tertiary alicyclic amines) is 1. The van der Waals surface area contributed by atoms with Gasteiger partial charge in [0.05, 0.1) is 0 Å². The van der Waals surface area contributed by atoms with Gasteiger partial charge in [-0.1, -0.05) is 0 Å². The Morgan fingerprint density at radius 1 is 1.00 bits per heavy atom. The summed E-state index contributed by atoms with van der Waals surface area (Å²) < 4.78 is 0. The molecule has 7 nitrogen and oxygen atoms in total. The molecule has 0 aromatic carbocycles. The summed E-state index contributed by atoms with van der Waals surface area (Å²) in [6.45, 7) is 5.89. The van der Waals surface area contributed by atoms with Crippen LogP contribution in [0.15, 0.2) is 0 Å². The second-order valence-electron chi connectivity index (χ2n) is 10.3. The molecule has 7 heteroatoms. The minimum absolute atomic E-state index is 0.0825. The molecule has 1 saturated carbocycles. The van der Waals surface area contributed by atoms with Crippen LogP contribution in [0, 0.1) is 12.8 Å². The summed E-state index contributed by atoms with van der Waals surface area (Å²) in [6.07, 6.45) is 11.4. The number of rotatable bonds is 4. The summed E-state index contributed by atoms with van der Waals surface area (Å²) >= 11 is 0. The average molecular weight is 435 g/mol. The number of H-pyrrole nitrogens is 1. The number of aromatic amines is 1. The molecular formula is C25H34N6O. The predicted molar refractivity (Wildman–Crippen MR) is 123 cm³/mol. The van der Waals surface area contributed by atoms with Crippen molar-refractivity contribution in [2.24, 2.45) is 5.92 Å². The fourth-order valence-electron chi connectivity index (χ4n) is 5.86. The summed E-state index contributed by atoms with van der Waals surface area (Å²) in [5.74, 6) is 3.25. The Hall–Kier alpha value is -2.44. The van der Waals surface area contributed by atoms with Gasteiger partial charge in [0.2, 0.25) is 0 Å². The molecule has 6 rings (SSSR count). The number of amides is 1. The minimum Gasteiger partial charge on any atom is -0.356 e. The number of aromatic nitrogens is 4. The lowest BCUT2D eigenvalue weighted by atomic mass is 9.93. The van der Waals surface area contributed by atoms with E-state index in [1.165, 1.54) is 37.1 Å². The Labute approximate surface area is 190 Å². The van der Waals surface area contributed by atoms with Crippen molar-refractivity contribution in [3.8, 4) is 0 Å². The van der Waals surface area contributed by atoms with Gasteiger partial charge in [0.25, 0.3) is 5.91 Å². The molecule has 0 bridgehead atoms. The van der Waals surface area contributed by atoms with Crippen molar-refractivity contribution in [2.75, 3.05) is 31.1 Å². The Kier molecular flexibility index (Phi) is 5.15. The molecule has 1 N–H and O–H groups in total. The van der Waals surface area contributed by atoms with E-state index in [9.17, 15) is 4.79 Å². The molecule has 32 heavy (non-hydrogen) atoms. The van der Waals surface area contributed by atoms with Gasteiger partial charge in [-0.3, -0.25) is 9.89 Å². The number of carbonyl (C=O) groups is 1. The van der Waals surface area contributed by atoms with E-state index in [-0.39, 0.29) is 11.8 Å². The maximum absolute atomic E-state index is 13.4. The van der Waals surface area contributed by atoms with Gasteiger partial charge in [-0.2, -0.15) is 5.10 Å². The van der Waals surface area contributed by atoms with E-state index in [2.05, 4.69) is 22.0 Å². The Balaban J connectivity index is 1.24. The lowest BCUT2D eigenvalue weighted by molar-refractivity contribution is 0.0697. The van der Waals surface area contributed by atoms with Crippen molar-refractivity contribution in [3.63, 3.8) is 0 Å². The van der Waals surface area contributed by atoms with Crippen LogP contribution in [0.25, 0.3) is 0 Å². The maximum atomic E-state index is 13.4. The first-order chi connectivity index (χ1) is 15.7. The highest BCUT2D eigenvalue weighted by Gasteiger charge is 2.33. The Bertz CT molecular complexity index is 1030. The third-order valence-corrected chi connectivity index (χ3v) is 7.87. The van der Waals surface area contributed by atoms with Gasteiger partial charge >= 0.3 is 0 Å². The van der Waals surface area contributed by atoms with Crippen LogP contribution in [-0.2, 0) is 19.3 Å². The van der Waals surface area contributed by atoms with Crippen LogP contribution in [-0.4, -0.2) is 57.2 Å². The molecule has 1 atom stereocenters. The largest absolute Gasteiger partial charge is 0.356 e. The number of aryl methyl sites for hydroxylation is 2. The summed E-state index contributed by atoms with van der Waals surface area (Å²) in [4.78, 5) is 28.0. The zero-order valence-electron chi connectivity index (χ0n) is 19.2. The third-order valence-electron chi connectivity index (χ3n) is 7.87. The summed E-state index contributed by atoms with van der Waals surface area (Å²) in [6, 6.07) is 0. The third kappa shape index (κ3) is 3.69. The molecule has 0 spiro atoms. The number of carbonyl (C=O) groups excluding carboxylic acids is 1. The molecule has 2 fully saturated rings. The number of hydrogen-bond acceptors (Lipinski definition) is 5. The Morgan fingerprint density at radius 3 is 2.72 bits per heavy atom. The molecule has 2 aliphatic carbocycles. The lowest BCUT2D eigenvalue weighted by Crippen LogP contribution is -2.40. The van der Waals surface area contributed by atoms with Gasteiger partial charge in [-0.05, 0) is 77.0 Å². The van der Waals surface area contributed by atoms with Crippen molar-refractivity contribution < 1.29 is 4.79 Å². The molecule has 2 aromatic rings. The molecule has 1 saturated heterocycles. The van der Waals surface area contributed by atoms with E-state index in [4.69, 9.17) is 9.97 Å². The summed E-state index contributed by atoms with van der Waals surface area (Å²) in [7, 11) is 0. The van der Waals surface area contributed by atoms with Gasteiger partial charge < -0.3 is 9.80 Å². The van der Waals surface area contributed by atoms with Gasteiger partial charge in [0, 0.05) is 54.6 Å². The van der Waals surface area contributed by atoms with Gasteiger partial charge in [-0.15, -0.1) is 0 Å². The average Bonchev–Trinajstić information content (AvgIpc) is 3.54. The molecule has 0 unspecified atom stereocenters. The van der Waals surface area contributed by atoms with Crippen molar-refractivity contribution in [3.05, 3.63) is 34.0 Å². The molecule has 4 aliphatic rings. The van der Waals surface area contributed by atoms with E-state index in [1.54, 1.807) is 0 Å². The fraction of sp³-hybridized carbons (Fsp3) is 0.680. The van der Waals surface area contributed by atoms with Crippen molar-refractivity contribution in [1.82, 2.24) is 25.1 Å². The minimum atomic E-state index is 0.0825. The first kappa shape index (κ1) is 20.2. The molecule has 4 heterocycles. The van der Waals surface area contributed by atoms with Crippen molar-refractivity contribution >= 4 is 11.7 Å². The first-order valence-electron chi connectivity index (χ1n) is 12.6. The molecule has 0 radical (unpaired) electrons. The standard InChI is InChI=1S/C25H34N6O/c1-16-19-8-5-12-30(14-17-10-11-17)24(19)27-23(26-16)18-6-4-13-31(15-18)25(32)22-20-7-2-3-9-21(20)28-29-22/h17-18H,2-15H2,1H3,(H,28,29)/t18-/m1/s1. The highest BCUT2D eigenvalue weighted by molar-refractivity contribution is 5.94. The van der Waals surface area contributed by atoms with Crippen LogP contribution in [0.3, 0.4) is 0 Å². The quantitative estimate of drug-likeness (QED) is 0.796. The number of piperidine rings is 1. The molecule has 1 amide bonds. The summed E-state index contributed by atoms with van der Waals surface area (Å²) in [5.41, 5.74) is 5.44. The SMILES string of the molecule is Cc1nc([C@@H]2CCCN(C(=O)c3n[nH]c4c3CCCC4)C2)nc2c1CCCN2CC1CC1. The highest BCUT2D eigenvalue weighted by atomic mass is 16.2. The van der Waals surface area contributed by atoms with E-state index >= 15 is 0 Å². The van der Waals surface area contributed by atoms with E-state index in [1.807, 2.05) is 4.90 Å². The molecule has 2 aliphatic heterocycles. The van der Waals surface area contributed by atoms with Crippen LogP contribution in [0.2, 0.25) is 0 Å². The predicted octanol–water partition coefficient (Wildman–Crippen LogP) is 3.57. The first-order valence-corrected chi connectivity index (χ1v) is 12.6. The number of hydrogen-bond donors (Lipinski definition) is 1. The number of nitrogens with zero attached hydrogens (tertiary/aromatic N) is 5. The number of nitrogens with one attached hydrogen (secondary N) is 1. The monoisotopic (exact) mass is 434 g/mol. The highest BCUT2D eigenvalue weighted by Crippen LogP contribution is 2.36. The second kappa shape index (κ2) is 8.16. The van der Waals surface area contributed by atoms with Crippen LogP contribution in [0.5, 0.6) is 0 Å². The second-order valence-corrected chi connectivity index (χ2v) is 10.3. The van der Waals surface area contributed by atoms with Crippen LogP contribution in [0.4, 0.5) is 5.82 Å². The molecular weight excluding hydrogens is 400 g/mol. The zero-order chi connectivity index (χ0) is 21.7. The zero-order valence-corrected chi connectivity index (χ0v) is 19.2. The van der Waals surface area contributed by atoms with Gasteiger partial charge in [0.1, 0.15) is 11.6 Å². The molecule has 170 valence electrons. The number of anilines is 1. The van der Waals surface area contributed by atoms with E-state index in [0.717, 1.165) is 86.9 Å². The van der Waals surface area contributed by atoms with Crippen LogP contribution >= 0.6 is 0 Å². The lowest BCUT2D eigenvalue weighted by Gasteiger charge is -2.34. The fourth-order valence-corrected chi connectivity index (χ4v) is 5.86. The van der Waals surface area contributed by atoms with Gasteiger partial charge in [-0.25, -0.2) is 9.97 Å². The molecule has 2 aromatic heterocycles. The van der Waals surface area contributed by atoms with Crippen molar-refractivity contribution in [2.45, 2.75) is 77.0 Å². The van der Waals surface area contributed by atoms with Gasteiger partial charge in [0.15, 0.2) is 5.69 Å². The summed E-state index contributed by atoms with van der Waals surface area (Å²) in [5, 5.41) is 7.56. The normalized spacial score (nSPS) is 23.1. The van der Waals surface area contributed by atoms with Crippen molar-refractivity contribution in [1.29, 1.82) is 0 Å².